The van der Waals surface area contributed by atoms with Crippen molar-refractivity contribution in [3.8, 4) is 0 Å². The van der Waals surface area contributed by atoms with Gasteiger partial charge in [-0.05, 0) is 54.3 Å². The molecule has 1 aromatic rings. The van der Waals surface area contributed by atoms with Crippen molar-refractivity contribution in [2.75, 3.05) is 5.33 Å². The second-order valence-electron chi connectivity index (χ2n) is 3.68. The van der Waals surface area contributed by atoms with E-state index >= 15 is 0 Å². The number of benzene rings is 1. The molecule has 0 saturated carbocycles. The fraction of sp³-hybridized carbons (Fsp3) is 0.500. The first-order chi connectivity index (χ1) is 7.94. The third-order valence-electron chi connectivity index (χ3n) is 2.27. The summed E-state index contributed by atoms with van der Waals surface area (Å²) in [5, 5.41) is 0.866. The molecule has 0 fully saturated rings. The van der Waals surface area contributed by atoms with Gasteiger partial charge in [0.1, 0.15) is 0 Å². The van der Waals surface area contributed by atoms with Crippen LogP contribution in [0.3, 0.4) is 0 Å². The Morgan fingerprint density at radius 1 is 1.18 bits per heavy atom. The normalized spacial score (nSPS) is 11.8. The molecule has 0 aromatic heterocycles. The smallest absolute Gasteiger partial charge is 0.160 e. The zero-order chi connectivity index (χ0) is 12.9. The van der Waals surface area contributed by atoms with Crippen molar-refractivity contribution in [2.24, 2.45) is 0 Å². The van der Waals surface area contributed by atoms with E-state index in [1.165, 1.54) is 0 Å². The first-order valence-electron chi connectivity index (χ1n) is 5.39. The van der Waals surface area contributed by atoms with Crippen molar-refractivity contribution in [2.45, 2.75) is 36.6 Å². The van der Waals surface area contributed by atoms with Crippen molar-refractivity contribution in [3.63, 3.8) is 0 Å². The molecule has 1 rings (SSSR count). The minimum Gasteiger partial charge on any atom is -0.160 e. The average molecular weight is 327 g/mol. The molecule has 0 nitrogen and oxygen atoms in total. The highest BCUT2D eigenvalue weighted by molar-refractivity contribution is 9.09. The van der Waals surface area contributed by atoms with Crippen LogP contribution < -0.4 is 0 Å². The van der Waals surface area contributed by atoms with E-state index in [9.17, 15) is 13.2 Å². The van der Waals surface area contributed by atoms with Crippen molar-refractivity contribution in [1.82, 2.24) is 0 Å². The van der Waals surface area contributed by atoms with E-state index in [1.807, 2.05) is 13.0 Å². The summed E-state index contributed by atoms with van der Waals surface area (Å²) in [5.74, 6) is 0. The molecular weight excluding hydrogens is 313 g/mol. The molecule has 17 heavy (non-hydrogen) atoms. The lowest BCUT2D eigenvalue weighted by atomic mass is 10.1. The molecule has 0 unspecified atom stereocenters. The van der Waals surface area contributed by atoms with E-state index < -0.39 is 5.51 Å². The predicted octanol–water partition coefficient (Wildman–Crippen LogP) is 5.19. The zero-order valence-electron chi connectivity index (χ0n) is 9.48. The summed E-state index contributed by atoms with van der Waals surface area (Å²) in [6.45, 7) is 1.95. The molecular formula is C12H14BrF3S. The van der Waals surface area contributed by atoms with Gasteiger partial charge in [-0.15, -0.1) is 0 Å². The van der Waals surface area contributed by atoms with Gasteiger partial charge in [-0.1, -0.05) is 28.9 Å². The van der Waals surface area contributed by atoms with Crippen LogP contribution in [0.15, 0.2) is 23.1 Å². The quantitative estimate of drug-likeness (QED) is 0.530. The Bertz CT molecular complexity index is 363. The molecule has 0 spiro atoms. The molecule has 0 atom stereocenters. The Labute approximate surface area is 112 Å². The third-order valence-corrected chi connectivity index (χ3v) is 3.53. The monoisotopic (exact) mass is 326 g/mol. The molecule has 0 aliphatic heterocycles. The number of halogens is 4. The van der Waals surface area contributed by atoms with Crippen molar-refractivity contribution in [1.29, 1.82) is 0 Å². The van der Waals surface area contributed by atoms with Gasteiger partial charge in [0.2, 0.25) is 0 Å². The highest BCUT2D eigenvalue weighted by Gasteiger charge is 2.29. The number of hydrogen-bond donors (Lipinski definition) is 0. The molecule has 0 amide bonds. The fourth-order valence-corrected chi connectivity index (χ4v) is 2.51. The van der Waals surface area contributed by atoms with E-state index in [0.29, 0.717) is 4.90 Å². The van der Waals surface area contributed by atoms with Crippen LogP contribution >= 0.6 is 27.7 Å². The van der Waals surface area contributed by atoms with Crippen LogP contribution in [-0.4, -0.2) is 10.8 Å². The lowest BCUT2D eigenvalue weighted by Crippen LogP contribution is -2.00. The van der Waals surface area contributed by atoms with Crippen LogP contribution in [-0.2, 0) is 12.8 Å². The Morgan fingerprint density at radius 2 is 1.82 bits per heavy atom. The molecule has 0 aliphatic carbocycles. The molecule has 5 heteroatoms. The molecule has 0 aliphatic rings. The van der Waals surface area contributed by atoms with E-state index in [1.54, 1.807) is 12.1 Å². The summed E-state index contributed by atoms with van der Waals surface area (Å²) in [7, 11) is 0. The summed E-state index contributed by atoms with van der Waals surface area (Å²) < 4.78 is 36.9. The standard InChI is InChI=1S/C12H14BrF3S/c1-2-9-6-10(4-3-5-13)8-11(7-9)17-12(14,15)16/h6-8H,2-5H2,1H3. The van der Waals surface area contributed by atoms with Crippen molar-refractivity contribution >= 4 is 27.7 Å². The summed E-state index contributed by atoms with van der Waals surface area (Å²) in [5.41, 5.74) is -2.27. The number of rotatable bonds is 5. The van der Waals surface area contributed by atoms with Crippen LogP contribution in [0.5, 0.6) is 0 Å². The zero-order valence-corrected chi connectivity index (χ0v) is 11.9. The third kappa shape index (κ3) is 5.82. The first kappa shape index (κ1) is 14.9. The van der Waals surface area contributed by atoms with Gasteiger partial charge in [-0.25, -0.2) is 0 Å². The number of alkyl halides is 4. The Morgan fingerprint density at radius 3 is 2.35 bits per heavy atom. The van der Waals surface area contributed by atoms with Crippen molar-refractivity contribution < 1.29 is 13.2 Å². The molecule has 0 N–H and O–H groups in total. The van der Waals surface area contributed by atoms with E-state index in [-0.39, 0.29) is 11.8 Å². The van der Waals surface area contributed by atoms with Gasteiger partial charge in [0, 0.05) is 10.2 Å². The highest BCUT2D eigenvalue weighted by atomic mass is 79.9. The minimum atomic E-state index is -4.21. The van der Waals surface area contributed by atoms with E-state index in [2.05, 4.69) is 15.9 Å². The van der Waals surface area contributed by atoms with Gasteiger partial charge in [0.15, 0.2) is 0 Å². The second kappa shape index (κ2) is 6.69. The Hall–Kier alpha value is -0.160. The average Bonchev–Trinajstić information content (AvgIpc) is 2.23. The van der Waals surface area contributed by atoms with Gasteiger partial charge in [0.05, 0.1) is 0 Å². The molecule has 1 aromatic carbocycles. The van der Waals surface area contributed by atoms with Crippen LogP contribution in [0.2, 0.25) is 0 Å². The summed E-state index contributed by atoms with van der Waals surface area (Å²) in [6.07, 6.45) is 2.50. The van der Waals surface area contributed by atoms with Crippen LogP contribution in [0.1, 0.15) is 24.5 Å². The van der Waals surface area contributed by atoms with Gasteiger partial charge in [-0.2, -0.15) is 13.2 Å². The summed E-state index contributed by atoms with van der Waals surface area (Å²) in [4.78, 5) is 0.293. The van der Waals surface area contributed by atoms with Gasteiger partial charge < -0.3 is 0 Å². The summed E-state index contributed by atoms with van der Waals surface area (Å²) in [6, 6.07) is 5.25. The Balaban J connectivity index is 2.88. The largest absolute Gasteiger partial charge is 0.446 e. The van der Waals surface area contributed by atoms with Crippen LogP contribution in [0.25, 0.3) is 0 Å². The lowest BCUT2D eigenvalue weighted by molar-refractivity contribution is -0.0328. The Kier molecular flexibility index (Phi) is 5.86. The number of aryl methyl sites for hydroxylation is 2. The van der Waals surface area contributed by atoms with E-state index in [0.717, 1.165) is 35.7 Å². The predicted molar refractivity (Wildman–Crippen MR) is 69.8 cm³/mol. The molecule has 96 valence electrons. The molecule has 0 saturated heterocycles. The van der Waals surface area contributed by atoms with Gasteiger partial charge in [-0.3, -0.25) is 0 Å². The maximum atomic E-state index is 12.3. The fourth-order valence-electron chi connectivity index (χ4n) is 1.54. The maximum absolute atomic E-state index is 12.3. The SMILES string of the molecule is CCc1cc(CCCBr)cc(SC(F)(F)F)c1. The van der Waals surface area contributed by atoms with Crippen molar-refractivity contribution in [3.05, 3.63) is 29.3 Å². The molecule has 0 bridgehead atoms. The van der Waals surface area contributed by atoms with Gasteiger partial charge >= 0.3 is 5.51 Å². The van der Waals surface area contributed by atoms with Crippen LogP contribution in [0, 0.1) is 0 Å². The second-order valence-corrected chi connectivity index (χ2v) is 5.61. The number of thioether (sulfide) groups is 1. The number of hydrogen-bond acceptors (Lipinski definition) is 1. The molecule has 0 radical (unpaired) electrons. The van der Waals surface area contributed by atoms with Crippen LogP contribution in [0.4, 0.5) is 13.2 Å². The maximum Gasteiger partial charge on any atom is 0.446 e. The molecule has 0 heterocycles. The minimum absolute atomic E-state index is 0.0338. The van der Waals surface area contributed by atoms with E-state index in [4.69, 9.17) is 0 Å². The highest BCUT2D eigenvalue weighted by Crippen LogP contribution is 2.37. The lowest BCUT2D eigenvalue weighted by Gasteiger charge is -2.10. The first-order valence-corrected chi connectivity index (χ1v) is 7.33. The summed E-state index contributed by atoms with van der Waals surface area (Å²) >= 11 is 3.29. The van der Waals surface area contributed by atoms with Gasteiger partial charge in [0.25, 0.3) is 0 Å². The topological polar surface area (TPSA) is 0 Å².